The van der Waals surface area contributed by atoms with Crippen molar-refractivity contribution in [3.8, 4) is 89.0 Å². The molecule has 0 heteroatoms. The predicted molar refractivity (Wildman–Crippen MR) is 287 cm³/mol. The van der Waals surface area contributed by atoms with Gasteiger partial charge < -0.3 is 0 Å². The van der Waals surface area contributed by atoms with Gasteiger partial charge >= 0.3 is 0 Å². The first-order valence-corrected chi connectivity index (χ1v) is 24.1. The van der Waals surface area contributed by atoms with Crippen molar-refractivity contribution in [1.82, 2.24) is 0 Å². The first-order valence-electron chi connectivity index (χ1n) is 24.1. The molecule has 0 radical (unpaired) electrons. The summed E-state index contributed by atoms with van der Waals surface area (Å²) in [5, 5.41) is 5.36. The minimum absolute atomic E-state index is 0.0369. The lowest BCUT2D eigenvalue weighted by molar-refractivity contribution is 0.591. The summed E-state index contributed by atoms with van der Waals surface area (Å²) in [6.07, 6.45) is 0. The number of hydrogen-bond acceptors (Lipinski definition) is 0. The predicted octanol–water partition coefficient (Wildman–Crippen LogP) is 19.1. The highest BCUT2D eigenvalue weighted by molar-refractivity contribution is 6.33. The van der Waals surface area contributed by atoms with Gasteiger partial charge in [0.15, 0.2) is 0 Å². The Hall–Kier alpha value is -6.50. The van der Waals surface area contributed by atoms with E-state index in [9.17, 15) is 0 Å². The third kappa shape index (κ3) is 6.24. The fraction of sp³-hybridized carbons (Fsp3) is 0.242. The molecule has 2 aliphatic rings. The molecule has 9 aromatic rings. The van der Waals surface area contributed by atoms with Gasteiger partial charge in [0.1, 0.15) is 0 Å². The summed E-state index contributed by atoms with van der Waals surface area (Å²) in [6.45, 7) is 28.3. The Morgan fingerprint density at radius 2 is 0.439 bits per heavy atom. The smallest absolute Gasteiger partial charge is 0.000730 e. The van der Waals surface area contributed by atoms with Crippen molar-refractivity contribution in [2.75, 3.05) is 0 Å². The van der Waals surface area contributed by atoms with E-state index in [0.29, 0.717) is 0 Å². The molecule has 0 aliphatic heterocycles. The number of rotatable bonds is 4. The van der Waals surface area contributed by atoms with Crippen LogP contribution in [0.25, 0.3) is 111 Å². The van der Waals surface area contributed by atoms with Crippen LogP contribution < -0.4 is 0 Å². The van der Waals surface area contributed by atoms with Gasteiger partial charge in [-0.1, -0.05) is 241 Å². The highest BCUT2D eigenvalue weighted by Gasteiger charge is 2.38. The summed E-state index contributed by atoms with van der Waals surface area (Å²) < 4.78 is 0. The molecule has 0 heterocycles. The van der Waals surface area contributed by atoms with E-state index in [1.54, 1.807) is 0 Å². The fourth-order valence-corrected chi connectivity index (χ4v) is 11.9. The molecular formula is C66H62. The third-order valence-corrected chi connectivity index (χ3v) is 14.7. The molecule has 0 unspecified atom stereocenters. The molecule has 66 heavy (non-hydrogen) atoms. The van der Waals surface area contributed by atoms with Crippen LogP contribution in [-0.4, -0.2) is 0 Å². The van der Waals surface area contributed by atoms with E-state index in [-0.39, 0.29) is 21.7 Å². The van der Waals surface area contributed by atoms with E-state index >= 15 is 0 Å². The molecule has 9 aromatic carbocycles. The minimum Gasteiger partial charge on any atom is -0.0619 e. The first-order chi connectivity index (χ1) is 31.4. The summed E-state index contributed by atoms with van der Waals surface area (Å²) >= 11 is 0. The summed E-state index contributed by atoms with van der Waals surface area (Å²) in [6, 6.07) is 60.8. The second-order valence-electron chi connectivity index (χ2n) is 23.2. The highest BCUT2D eigenvalue weighted by atomic mass is 14.4. The number of hydrogen-bond donors (Lipinski definition) is 0. The zero-order valence-corrected chi connectivity index (χ0v) is 41.0. The first kappa shape index (κ1) is 42.2. The van der Waals surface area contributed by atoms with Gasteiger partial charge in [0.25, 0.3) is 0 Å². The van der Waals surface area contributed by atoms with Crippen LogP contribution in [0.5, 0.6) is 0 Å². The van der Waals surface area contributed by atoms with Crippen molar-refractivity contribution in [2.24, 2.45) is 0 Å². The van der Waals surface area contributed by atoms with E-state index in [1.807, 2.05) is 0 Å². The maximum Gasteiger partial charge on any atom is -0.000730 e. The van der Waals surface area contributed by atoms with Crippen molar-refractivity contribution >= 4 is 21.5 Å². The van der Waals surface area contributed by atoms with E-state index in [4.69, 9.17) is 0 Å². The van der Waals surface area contributed by atoms with Crippen LogP contribution in [0.15, 0.2) is 158 Å². The molecule has 2 aliphatic carbocycles. The highest BCUT2D eigenvalue weighted by Crippen LogP contribution is 2.64. The Balaban J connectivity index is 1.32. The summed E-state index contributed by atoms with van der Waals surface area (Å²) in [5.41, 5.74) is 26.6. The number of fused-ring (bicyclic) bond motifs is 7. The standard InChI is InChI=1S/C66H62/c1-63(2,3)51-29-19-15-23-39(51)43-33-34-44(40-24-16-20-30-52(40)64(4,5)6)58-48-36-38-50-60-49(37-35-47(57(43)58)59(48)60)61-55(45-27-17-21-31-53(45)65(7,8)9)41-25-13-14-26-42(41)56(62(50)61)46-28-18-22-32-54(46)66(10,11)12/h13-38H,1-12H3. The zero-order chi connectivity index (χ0) is 46.2. The van der Waals surface area contributed by atoms with Crippen LogP contribution in [0, 0.1) is 0 Å². The van der Waals surface area contributed by atoms with Crippen LogP contribution in [-0.2, 0) is 21.7 Å². The lowest BCUT2D eigenvalue weighted by Gasteiger charge is -2.28. The second-order valence-corrected chi connectivity index (χ2v) is 23.2. The van der Waals surface area contributed by atoms with Crippen molar-refractivity contribution in [2.45, 2.75) is 105 Å². The number of benzene rings is 9. The quantitative estimate of drug-likeness (QED) is 0.165. The van der Waals surface area contributed by atoms with Gasteiger partial charge in [0, 0.05) is 0 Å². The van der Waals surface area contributed by atoms with Crippen LogP contribution in [0.1, 0.15) is 105 Å². The van der Waals surface area contributed by atoms with Gasteiger partial charge in [0.05, 0.1) is 0 Å². The molecular weight excluding hydrogens is 793 g/mol. The van der Waals surface area contributed by atoms with Crippen LogP contribution in [0.2, 0.25) is 0 Å². The van der Waals surface area contributed by atoms with Crippen LogP contribution >= 0.6 is 0 Å². The Kier molecular flexibility index (Phi) is 9.26. The van der Waals surface area contributed by atoms with Crippen molar-refractivity contribution < 1.29 is 0 Å². The molecule has 0 nitrogen and oxygen atoms in total. The Morgan fingerprint density at radius 3 is 0.758 bits per heavy atom. The van der Waals surface area contributed by atoms with Gasteiger partial charge in [-0.3, -0.25) is 0 Å². The summed E-state index contributed by atoms with van der Waals surface area (Å²) in [5.74, 6) is 0. The lowest BCUT2D eigenvalue weighted by atomic mass is 9.75. The second kappa shape index (κ2) is 14.5. The van der Waals surface area contributed by atoms with Gasteiger partial charge in [-0.2, -0.15) is 0 Å². The maximum absolute atomic E-state index is 2.50. The van der Waals surface area contributed by atoms with E-state index in [2.05, 4.69) is 241 Å². The fourth-order valence-electron chi connectivity index (χ4n) is 11.9. The van der Waals surface area contributed by atoms with Gasteiger partial charge in [-0.25, -0.2) is 0 Å². The van der Waals surface area contributed by atoms with E-state index in [0.717, 1.165) is 0 Å². The average Bonchev–Trinajstić information content (AvgIpc) is 3.79. The lowest BCUT2D eigenvalue weighted by Crippen LogP contribution is -2.13. The topological polar surface area (TPSA) is 0 Å². The molecule has 0 aromatic heterocycles. The van der Waals surface area contributed by atoms with Crippen LogP contribution in [0.3, 0.4) is 0 Å². The molecule has 0 N–H and O–H groups in total. The van der Waals surface area contributed by atoms with Crippen LogP contribution in [0.4, 0.5) is 0 Å². The minimum atomic E-state index is -0.0655. The molecule has 0 amide bonds. The Labute approximate surface area is 393 Å². The molecule has 11 rings (SSSR count). The maximum atomic E-state index is 2.50. The summed E-state index contributed by atoms with van der Waals surface area (Å²) in [7, 11) is 0. The molecule has 0 spiro atoms. The van der Waals surface area contributed by atoms with Gasteiger partial charge in [-0.05, 0) is 154 Å². The third-order valence-electron chi connectivity index (χ3n) is 14.7. The summed E-state index contributed by atoms with van der Waals surface area (Å²) in [4.78, 5) is 0. The van der Waals surface area contributed by atoms with E-state index in [1.165, 1.54) is 133 Å². The normalized spacial score (nSPS) is 13.2. The monoisotopic (exact) mass is 854 g/mol. The SMILES string of the molecule is CC(C)(C)c1ccccc1-c1ccc(-c2ccccc2C(C)(C)C)c2c1-c1ccc3c4c(ccc-2c14)-c1c-3c(-c2ccccc2C(C)(C)C)c2ccccc2c1-c1ccccc1C(C)(C)C. The molecule has 0 saturated carbocycles. The molecule has 0 atom stereocenters. The van der Waals surface area contributed by atoms with E-state index < -0.39 is 0 Å². The van der Waals surface area contributed by atoms with Gasteiger partial charge in [0.2, 0.25) is 0 Å². The van der Waals surface area contributed by atoms with Crippen molar-refractivity contribution in [1.29, 1.82) is 0 Å². The molecule has 0 saturated heterocycles. The molecule has 326 valence electrons. The van der Waals surface area contributed by atoms with Gasteiger partial charge in [-0.15, -0.1) is 0 Å². The Morgan fingerprint density at radius 1 is 0.197 bits per heavy atom. The molecule has 0 fully saturated rings. The van der Waals surface area contributed by atoms with Crippen molar-refractivity contribution in [3.05, 3.63) is 180 Å². The Bertz CT molecular complexity index is 3260. The largest absolute Gasteiger partial charge is 0.0619 e. The average molecular weight is 855 g/mol. The molecule has 0 bridgehead atoms. The van der Waals surface area contributed by atoms with Crippen molar-refractivity contribution in [3.63, 3.8) is 0 Å². The zero-order valence-electron chi connectivity index (χ0n) is 41.0.